The van der Waals surface area contributed by atoms with Gasteiger partial charge in [-0.2, -0.15) is 0 Å². The Hall–Kier alpha value is -2.92. The number of halogens is 1. The second-order valence-electron chi connectivity index (χ2n) is 16.7. The molecule has 51 heavy (non-hydrogen) atoms. The molecule has 1 saturated heterocycles. The van der Waals surface area contributed by atoms with Crippen molar-refractivity contribution < 1.29 is 34.0 Å². The van der Waals surface area contributed by atoms with Crippen LogP contribution in [0, 0.1) is 40.3 Å². The van der Waals surface area contributed by atoms with Crippen LogP contribution in [0.15, 0.2) is 42.5 Å². The number of nitrogens with one attached hydrogen (secondary N) is 1. The van der Waals surface area contributed by atoms with Gasteiger partial charge in [-0.15, -0.1) is 0 Å². The average Bonchev–Trinajstić information content (AvgIpc) is 3.46. The number of fused-ring (bicyclic) bond motifs is 6. The molecule has 4 saturated carbocycles. The number of benzene rings is 2. The predicted molar refractivity (Wildman–Crippen MR) is 195 cm³/mol. The molecule has 8 rings (SSSR count). The SMILES string of the molecule is C[C@]12CC[C@@H](O)C[C@@H]1CC[C@@H]1[C@@H]2CC[C@]2(C)[C@@H](O)CC[C@@H]12.O=C(NCCN1CCN(c2cccc3c2OC[C@@H](CO)O3)CC1)c1ccc(F)cc1. The topological polar surface area (TPSA) is 115 Å². The second kappa shape index (κ2) is 15.2. The normalized spacial score (nSPS) is 35.8. The van der Waals surface area contributed by atoms with Gasteiger partial charge in [-0.25, -0.2) is 4.39 Å². The van der Waals surface area contributed by atoms with Gasteiger partial charge in [0.25, 0.3) is 5.91 Å². The van der Waals surface area contributed by atoms with Crippen molar-refractivity contribution in [3.63, 3.8) is 0 Å². The summed E-state index contributed by atoms with van der Waals surface area (Å²) in [6, 6.07) is 11.4. The summed E-state index contributed by atoms with van der Waals surface area (Å²) in [6.45, 7) is 9.89. The minimum Gasteiger partial charge on any atom is -0.484 e. The van der Waals surface area contributed by atoms with Crippen LogP contribution in [0.25, 0.3) is 0 Å². The molecule has 4 aliphatic carbocycles. The Kier molecular flexibility index (Phi) is 10.9. The van der Waals surface area contributed by atoms with Gasteiger partial charge >= 0.3 is 0 Å². The molecule has 280 valence electrons. The van der Waals surface area contributed by atoms with E-state index in [9.17, 15) is 24.5 Å². The highest BCUT2D eigenvalue weighted by molar-refractivity contribution is 5.94. The number of hydrogen-bond donors (Lipinski definition) is 4. The highest BCUT2D eigenvalue weighted by Gasteiger charge is 2.60. The largest absolute Gasteiger partial charge is 0.484 e. The summed E-state index contributed by atoms with van der Waals surface area (Å²) in [5.41, 5.74) is 2.14. The third kappa shape index (κ3) is 7.35. The summed E-state index contributed by atoms with van der Waals surface area (Å²) < 4.78 is 24.6. The second-order valence-corrected chi connectivity index (χ2v) is 16.7. The van der Waals surface area contributed by atoms with Crippen molar-refractivity contribution in [2.45, 2.75) is 89.9 Å². The summed E-state index contributed by atoms with van der Waals surface area (Å²) in [4.78, 5) is 16.7. The fourth-order valence-electron chi connectivity index (χ4n) is 10.9. The Labute approximate surface area is 302 Å². The number of ether oxygens (including phenoxy) is 2. The van der Waals surface area contributed by atoms with Gasteiger partial charge in [0.1, 0.15) is 12.4 Å². The van der Waals surface area contributed by atoms with Crippen LogP contribution in [-0.4, -0.2) is 96.9 Å². The first-order chi connectivity index (χ1) is 24.6. The van der Waals surface area contributed by atoms with Crippen LogP contribution in [0.1, 0.15) is 82.0 Å². The number of anilines is 1. The molecule has 9 atom stereocenters. The number of aliphatic hydroxyl groups is 3. The third-order valence-corrected chi connectivity index (χ3v) is 14.0. The lowest BCUT2D eigenvalue weighted by Gasteiger charge is -2.60. The van der Waals surface area contributed by atoms with Crippen LogP contribution in [0.5, 0.6) is 11.5 Å². The van der Waals surface area contributed by atoms with Gasteiger partial charge in [0.2, 0.25) is 0 Å². The zero-order valence-electron chi connectivity index (χ0n) is 30.4. The number of hydrogen-bond acceptors (Lipinski definition) is 8. The molecule has 2 aliphatic heterocycles. The van der Waals surface area contributed by atoms with Gasteiger partial charge in [-0.1, -0.05) is 19.9 Å². The molecular formula is C41H58FN3O6. The predicted octanol–water partition coefficient (Wildman–Crippen LogP) is 5.26. The standard InChI is InChI=1S/C22H26FN3O4.C19H32O2/c23-17-6-4-16(5-7-17)22(28)24-8-9-25-10-12-26(13-11-25)19-2-1-3-20-21(19)29-15-18(14-27)30-20;1-18-9-7-13(20)11-12(18)3-4-14-15-5-6-17(21)19(15,2)10-8-16(14)18/h1-7,18,27H,8-15H2,(H,24,28);12-17,20-21H,3-11H2,1-2H3/t18-;12-,13+,14-,15-,16-,17-,18-,19-/m10/s1. The Morgan fingerprint density at radius 3 is 2.43 bits per heavy atom. The van der Waals surface area contributed by atoms with E-state index >= 15 is 0 Å². The van der Waals surface area contributed by atoms with Gasteiger partial charge in [-0.3, -0.25) is 9.69 Å². The van der Waals surface area contributed by atoms with E-state index in [-0.39, 0.29) is 42.1 Å². The van der Waals surface area contributed by atoms with E-state index in [0.717, 1.165) is 87.1 Å². The molecule has 0 unspecified atom stereocenters. The molecule has 2 heterocycles. The molecule has 9 nitrogen and oxygen atoms in total. The lowest BCUT2D eigenvalue weighted by Crippen LogP contribution is -2.54. The molecule has 0 radical (unpaired) electrons. The molecule has 5 fully saturated rings. The number of piperazine rings is 1. The maximum atomic E-state index is 13.0. The number of rotatable bonds is 6. The van der Waals surface area contributed by atoms with Gasteiger partial charge in [0.15, 0.2) is 17.6 Å². The third-order valence-electron chi connectivity index (χ3n) is 14.0. The molecule has 6 aliphatic rings. The average molecular weight is 708 g/mol. The molecule has 2 aromatic carbocycles. The minimum absolute atomic E-state index is 0.0400. The first kappa shape index (κ1) is 36.4. The number of carbonyl (C=O) groups excluding carboxylic acids is 1. The summed E-state index contributed by atoms with van der Waals surface area (Å²) in [6.07, 6.45) is 10.4. The summed E-state index contributed by atoms with van der Waals surface area (Å²) >= 11 is 0. The van der Waals surface area contributed by atoms with Crippen LogP contribution in [0.2, 0.25) is 0 Å². The van der Waals surface area contributed by atoms with Gasteiger partial charge in [0.05, 0.1) is 24.5 Å². The van der Waals surface area contributed by atoms with Crippen molar-refractivity contribution in [3.05, 3.63) is 53.8 Å². The Morgan fingerprint density at radius 1 is 0.922 bits per heavy atom. The number of para-hydroxylation sites is 1. The Bertz CT molecular complexity index is 1500. The molecule has 0 spiro atoms. The fourth-order valence-corrected chi connectivity index (χ4v) is 10.9. The van der Waals surface area contributed by atoms with E-state index in [1.54, 1.807) is 0 Å². The van der Waals surface area contributed by atoms with E-state index in [1.165, 1.54) is 62.8 Å². The maximum absolute atomic E-state index is 13.0. The van der Waals surface area contributed by atoms with E-state index < -0.39 is 0 Å². The van der Waals surface area contributed by atoms with E-state index in [2.05, 4.69) is 29.0 Å². The van der Waals surface area contributed by atoms with Crippen LogP contribution >= 0.6 is 0 Å². The van der Waals surface area contributed by atoms with Crippen molar-refractivity contribution in [2.24, 2.45) is 34.5 Å². The Balaban J connectivity index is 0.000000169. The van der Waals surface area contributed by atoms with E-state index in [4.69, 9.17) is 9.47 Å². The van der Waals surface area contributed by atoms with Gasteiger partial charge < -0.3 is 35.0 Å². The molecule has 10 heteroatoms. The monoisotopic (exact) mass is 707 g/mol. The maximum Gasteiger partial charge on any atom is 0.251 e. The molecular weight excluding hydrogens is 649 g/mol. The molecule has 1 amide bonds. The fraction of sp³-hybridized carbons (Fsp3) is 0.683. The summed E-state index contributed by atoms with van der Waals surface area (Å²) in [5.74, 6) is 4.07. The van der Waals surface area contributed by atoms with Gasteiger partial charge in [0, 0.05) is 44.8 Å². The number of carbonyl (C=O) groups is 1. The number of aliphatic hydroxyl groups excluding tert-OH is 3. The van der Waals surface area contributed by atoms with Crippen molar-refractivity contribution in [2.75, 3.05) is 57.4 Å². The van der Waals surface area contributed by atoms with Crippen molar-refractivity contribution >= 4 is 11.6 Å². The van der Waals surface area contributed by atoms with Crippen molar-refractivity contribution in [1.29, 1.82) is 0 Å². The van der Waals surface area contributed by atoms with Crippen LogP contribution in [0.3, 0.4) is 0 Å². The van der Waals surface area contributed by atoms with Crippen molar-refractivity contribution in [3.8, 4) is 11.5 Å². The zero-order valence-corrected chi connectivity index (χ0v) is 30.4. The molecule has 4 N–H and O–H groups in total. The van der Waals surface area contributed by atoms with Crippen LogP contribution < -0.4 is 19.7 Å². The number of nitrogens with zero attached hydrogens (tertiary/aromatic N) is 2. The first-order valence-electron chi connectivity index (χ1n) is 19.5. The quantitative estimate of drug-likeness (QED) is 0.322. The minimum atomic E-state index is -0.353. The van der Waals surface area contributed by atoms with Crippen LogP contribution in [0.4, 0.5) is 10.1 Å². The molecule has 0 bridgehead atoms. The van der Waals surface area contributed by atoms with Crippen molar-refractivity contribution in [1.82, 2.24) is 10.2 Å². The smallest absolute Gasteiger partial charge is 0.251 e. The van der Waals surface area contributed by atoms with E-state index in [1.807, 2.05) is 18.2 Å². The van der Waals surface area contributed by atoms with E-state index in [0.29, 0.717) is 29.9 Å². The first-order valence-corrected chi connectivity index (χ1v) is 19.5. The van der Waals surface area contributed by atoms with Gasteiger partial charge in [-0.05, 0) is 129 Å². The highest BCUT2D eigenvalue weighted by atomic mass is 19.1. The summed E-state index contributed by atoms with van der Waals surface area (Å²) in [7, 11) is 0. The number of amides is 1. The van der Waals surface area contributed by atoms with Crippen LogP contribution in [-0.2, 0) is 0 Å². The molecule has 2 aromatic rings. The zero-order chi connectivity index (χ0) is 35.8. The lowest BCUT2D eigenvalue weighted by molar-refractivity contribution is -0.133. The summed E-state index contributed by atoms with van der Waals surface area (Å²) in [5, 5.41) is 32.7. The highest BCUT2D eigenvalue weighted by Crippen LogP contribution is 2.66. The Morgan fingerprint density at radius 2 is 1.67 bits per heavy atom. The lowest BCUT2D eigenvalue weighted by atomic mass is 9.45. The molecule has 0 aromatic heterocycles.